The van der Waals surface area contributed by atoms with E-state index in [-0.39, 0.29) is 11.6 Å². The number of carboxylic acids is 1. The number of thiophene rings is 1. The SMILES string of the molecule is COCCN(C)C(=O)Nc1sc(C)c(C)c1C(=O)O. The number of urea groups is 1. The van der Waals surface area contributed by atoms with Gasteiger partial charge >= 0.3 is 12.0 Å². The lowest BCUT2D eigenvalue weighted by Crippen LogP contribution is -2.33. The van der Waals surface area contributed by atoms with Crippen LogP contribution in [0.4, 0.5) is 9.80 Å². The topological polar surface area (TPSA) is 78.9 Å². The fourth-order valence-corrected chi connectivity index (χ4v) is 2.54. The minimum atomic E-state index is -1.03. The number of nitrogens with one attached hydrogen (secondary N) is 1. The Balaban J connectivity index is 2.85. The second kappa shape index (κ2) is 6.53. The van der Waals surface area contributed by atoms with E-state index in [0.29, 0.717) is 23.7 Å². The van der Waals surface area contributed by atoms with Crippen LogP contribution in [0.15, 0.2) is 0 Å². The van der Waals surface area contributed by atoms with Gasteiger partial charge in [-0.1, -0.05) is 0 Å². The van der Waals surface area contributed by atoms with Gasteiger partial charge in [-0.25, -0.2) is 9.59 Å². The van der Waals surface area contributed by atoms with Crippen LogP contribution >= 0.6 is 11.3 Å². The predicted octanol–water partition coefficient (Wildman–Crippen LogP) is 2.17. The molecule has 0 aromatic carbocycles. The van der Waals surface area contributed by atoms with Gasteiger partial charge in [-0.05, 0) is 19.4 Å². The summed E-state index contributed by atoms with van der Waals surface area (Å²) in [7, 11) is 3.18. The van der Waals surface area contributed by atoms with Crippen molar-refractivity contribution in [2.75, 3.05) is 32.6 Å². The van der Waals surface area contributed by atoms with Gasteiger partial charge in [0.15, 0.2) is 0 Å². The molecule has 1 rings (SSSR count). The standard InChI is InChI=1S/C12H18N2O4S/c1-7-8(2)19-10(9(7)11(15)16)13-12(17)14(3)5-6-18-4/h5-6H2,1-4H3,(H,13,17)(H,15,16). The van der Waals surface area contributed by atoms with Crippen LogP contribution in [0.2, 0.25) is 0 Å². The third-order valence-corrected chi connectivity index (χ3v) is 3.92. The molecule has 1 heterocycles. The van der Waals surface area contributed by atoms with Crippen LogP contribution in [0.5, 0.6) is 0 Å². The molecular weight excluding hydrogens is 268 g/mol. The number of hydrogen-bond donors (Lipinski definition) is 2. The van der Waals surface area contributed by atoms with E-state index in [2.05, 4.69) is 5.32 Å². The summed E-state index contributed by atoms with van der Waals surface area (Å²) in [5.41, 5.74) is 0.850. The molecule has 1 aromatic heterocycles. The number of nitrogens with zero attached hydrogens (tertiary/aromatic N) is 1. The first kappa shape index (κ1) is 15.5. The Labute approximate surface area is 116 Å². The molecule has 1 aromatic rings. The quantitative estimate of drug-likeness (QED) is 0.869. The number of rotatable bonds is 5. The summed E-state index contributed by atoms with van der Waals surface area (Å²) in [6.45, 7) is 4.43. The number of ether oxygens (including phenoxy) is 1. The van der Waals surface area contributed by atoms with Gasteiger partial charge in [-0.3, -0.25) is 5.32 Å². The number of carbonyl (C=O) groups excluding carboxylic acids is 1. The predicted molar refractivity (Wildman–Crippen MR) is 74.3 cm³/mol. The molecule has 2 N–H and O–H groups in total. The Morgan fingerprint density at radius 2 is 2.05 bits per heavy atom. The molecule has 19 heavy (non-hydrogen) atoms. The van der Waals surface area contributed by atoms with E-state index < -0.39 is 5.97 Å². The summed E-state index contributed by atoms with van der Waals surface area (Å²) in [5.74, 6) is -1.03. The summed E-state index contributed by atoms with van der Waals surface area (Å²) in [6.07, 6.45) is 0. The van der Waals surface area contributed by atoms with Gasteiger partial charge in [0.2, 0.25) is 0 Å². The van der Waals surface area contributed by atoms with Crippen LogP contribution in [0, 0.1) is 13.8 Å². The van der Waals surface area contributed by atoms with E-state index >= 15 is 0 Å². The number of aromatic carboxylic acids is 1. The first-order valence-electron chi connectivity index (χ1n) is 5.72. The van der Waals surface area contributed by atoms with Crippen molar-refractivity contribution in [2.24, 2.45) is 0 Å². The zero-order valence-corrected chi connectivity index (χ0v) is 12.3. The van der Waals surface area contributed by atoms with Crippen LogP contribution in [-0.2, 0) is 4.74 Å². The number of methoxy groups -OCH3 is 1. The Bertz CT molecular complexity index is 484. The highest BCUT2D eigenvalue weighted by molar-refractivity contribution is 7.16. The third-order valence-electron chi connectivity index (χ3n) is 2.80. The highest BCUT2D eigenvalue weighted by Gasteiger charge is 2.21. The van der Waals surface area contributed by atoms with Crippen molar-refractivity contribution in [3.63, 3.8) is 0 Å². The zero-order valence-electron chi connectivity index (χ0n) is 11.4. The molecule has 0 fully saturated rings. The van der Waals surface area contributed by atoms with E-state index in [4.69, 9.17) is 4.74 Å². The second-order valence-electron chi connectivity index (χ2n) is 4.14. The third kappa shape index (κ3) is 3.68. The van der Waals surface area contributed by atoms with E-state index in [0.717, 1.165) is 4.88 Å². The highest BCUT2D eigenvalue weighted by Crippen LogP contribution is 2.32. The lowest BCUT2D eigenvalue weighted by atomic mass is 10.1. The van der Waals surface area contributed by atoms with Gasteiger partial charge in [0.05, 0.1) is 12.2 Å². The van der Waals surface area contributed by atoms with E-state index in [1.807, 2.05) is 6.92 Å². The molecule has 0 unspecified atom stereocenters. The molecule has 6 nitrogen and oxygen atoms in total. The Kier molecular flexibility index (Phi) is 5.31. The smallest absolute Gasteiger partial charge is 0.338 e. The summed E-state index contributed by atoms with van der Waals surface area (Å²) >= 11 is 1.27. The number of carboxylic acid groups (broad SMARTS) is 1. The largest absolute Gasteiger partial charge is 0.478 e. The maximum absolute atomic E-state index is 11.9. The molecule has 0 aliphatic rings. The maximum atomic E-state index is 11.9. The second-order valence-corrected chi connectivity index (χ2v) is 5.36. The van der Waals surface area contributed by atoms with E-state index in [1.54, 1.807) is 21.1 Å². The Hall–Kier alpha value is -1.60. The normalized spacial score (nSPS) is 10.3. The summed E-state index contributed by atoms with van der Waals surface area (Å²) in [4.78, 5) is 25.4. The molecule has 106 valence electrons. The van der Waals surface area contributed by atoms with Crippen LogP contribution in [0.3, 0.4) is 0 Å². The number of amides is 2. The molecule has 0 bridgehead atoms. The number of likely N-dealkylation sites (N-methyl/N-ethyl adjacent to an activating group) is 1. The van der Waals surface area contributed by atoms with E-state index in [9.17, 15) is 14.7 Å². The first-order chi connectivity index (χ1) is 8.88. The molecule has 0 atom stereocenters. The van der Waals surface area contributed by atoms with Crippen molar-refractivity contribution in [1.29, 1.82) is 0 Å². The molecule has 7 heteroatoms. The van der Waals surface area contributed by atoms with Crippen molar-refractivity contribution in [3.8, 4) is 0 Å². The van der Waals surface area contributed by atoms with Gasteiger partial charge in [0.1, 0.15) is 5.00 Å². The van der Waals surface area contributed by atoms with Crippen LogP contribution in [0.25, 0.3) is 0 Å². The molecule has 2 amide bonds. The number of hydrogen-bond acceptors (Lipinski definition) is 4. The molecule has 0 saturated carbocycles. The lowest BCUT2D eigenvalue weighted by Gasteiger charge is -2.17. The minimum Gasteiger partial charge on any atom is -0.478 e. The van der Waals surface area contributed by atoms with Gasteiger partial charge in [-0.2, -0.15) is 0 Å². The van der Waals surface area contributed by atoms with Crippen molar-refractivity contribution >= 4 is 28.3 Å². The monoisotopic (exact) mass is 286 g/mol. The Morgan fingerprint density at radius 1 is 1.42 bits per heavy atom. The lowest BCUT2D eigenvalue weighted by molar-refractivity contribution is 0.0697. The minimum absolute atomic E-state index is 0.163. The molecule has 0 radical (unpaired) electrons. The van der Waals surface area contributed by atoms with Crippen LogP contribution < -0.4 is 5.32 Å². The summed E-state index contributed by atoms with van der Waals surface area (Å²) in [5, 5.41) is 12.2. The highest BCUT2D eigenvalue weighted by atomic mass is 32.1. The number of aryl methyl sites for hydroxylation is 1. The van der Waals surface area contributed by atoms with Crippen LogP contribution in [0.1, 0.15) is 20.8 Å². The fourth-order valence-electron chi connectivity index (χ4n) is 1.49. The van der Waals surface area contributed by atoms with Crippen molar-refractivity contribution in [3.05, 3.63) is 16.0 Å². The zero-order chi connectivity index (χ0) is 14.6. The maximum Gasteiger partial charge on any atom is 0.338 e. The van der Waals surface area contributed by atoms with E-state index in [1.165, 1.54) is 16.2 Å². The van der Waals surface area contributed by atoms with Gasteiger partial charge < -0.3 is 14.7 Å². The van der Waals surface area contributed by atoms with Crippen LogP contribution in [-0.4, -0.2) is 49.3 Å². The van der Waals surface area contributed by atoms with Crippen molar-refractivity contribution < 1.29 is 19.4 Å². The molecule has 0 aliphatic carbocycles. The average Bonchev–Trinajstić information content (AvgIpc) is 2.61. The summed E-state index contributed by atoms with van der Waals surface area (Å²) < 4.78 is 4.88. The van der Waals surface area contributed by atoms with Gasteiger partial charge in [0.25, 0.3) is 0 Å². The van der Waals surface area contributed by atoms with Gasteiger partial charge in [0, 0.05) is 25.6 Å². The Morgan fingerprint density at radius 3 is 2.58 bits per heavy atom. The first-order valence-corrected chi connectivity index (χ1v) is 6.54. The van der Waals surface area contributed by atoms with Crippen molar-refractivity contribution in [1.82, 2.24) is 4.90 Å². The summed E-state index contributed by atoms with van der Waals surface area (Å²) in [6, 6.07) is -0.346. The van der Waals surface area contributed by atoms with Crippen molar-refractivity contribution in [2.45, 2.75) is 13.8 Å². The fraction of sp³-hybridized carbons (Fsp3) is 0.500. The van der Waals surface area contributed by atoms with Gasteiger partial charge in [-0.15, -0.1) is 11.3 Å². The molecule has 0 saturated heterocycles. The molecular formula is C12H18N2O4S. The average molecular weight is 286 g/mol. The number of anilines is 1. The molecule has 0 aliphatic heterocycles. The number of carbonyl (C=O) groups is 2. The molecule has 0 spiro atoms.